The van der Waals surface area contributed by atoms with Crippen molar-refractivity contribution in [3.8, 4) is 0 Å². The second-order valence-corrected chi connectivity index (χ2v) is 7.96. The van der Waals surface area contributed by atoms with Crippen molar-refractivity contribution in [3.05, 3.63) is 16.0 Å². The van der Waals surface area contributed by atoms with E-state index in [4.69, 9.17) is 4.74 Å². The molecule has 5 heteroatoms. The molecule has 0 spiro atoms. The summed E-state index contributed by atoms with van der Waals surface area (Å²) in [6, 6.07) is 0. The molecular weight excluding hydrogens is 332 g/mol. The highest BCUT2D eigenvalue weighted by atomic mass is 32.1. The second kappa shape index (κ2) is 11.5. The van der Waals surface area contributed by atoms with E-state index in [0.29, 0.717) is 13.2 Å². The van der Waals surface area contributed by atoms with Gasteiger partial charge in [0.25, 0.3) is 5.91 Å². The van der Waals surface area contributed by atoms with Crippen molar-refractivity contribution in [2.45, 2.75) is 71.1 Å². The number of methoxy groups -OCH3 is 1. The fourth-order valence-electron chi connectivity index (χ4n) is 3.37. The molecule has 142 valence electrons. The van der Waals surface area contributed by atoms with Crippen LogP contribution < -0.4 is 10.6 Å². The number of hydrogen-bond donors (Lipinski definition) is 2. The zero-order valence-corrected chi connectivity index (χ0v) is 16.7. The van der Waals surface area contributed by atoms with Crippen LogP contribution in [0.2, 0.25) is 0 Å². The average Bonchev–Trinajstić information content (AvgIpc) is 3.00. The maximum atomic E-state index is 12.8. The van der Waals surface area contributed by atoms with E-state index in [2.05, 4.69) is 17.6 Å². The van der Waals surface area contributed by atoms with Crippen LogP contribution in [0.3, 0.4) is 0 Å². The van der Waals surface area contributed by atoms with Gasteiger partial charge in [-0.25, -0.2) is 0 Å². The highest BCUT2D eigenvalue weighted by Gasteiger charge is 2.24. The number of thiophene rings is 1. The lowest BCUT2D eigenvalue weighted by Gasteiger charge is -2.13. The smallest absolute Gasteiger partial charge is 0.254 e. The van der Waals surface area contributed by atoms with E-state index in [1.165, 1.54) is 55.4 Å². The second-order valence-electron chi connectivity index (χ2n) is 6.86. The molecule has 4 nitrogen and oxygen atoms in total. The monoisotopic (exact) mass is 366 g/mol. The van der Waals surface area contributed by atoms with Crippen molar-refractivity contribution >= 4 is 22.2 Å². The molecule has 2 N–H and O–H groups in total. The molecule has 0 unspecified atom stereocenters. The first-order valence-corrected chi connectivity index (χ1v) is 10.7. The molecule has 0 saturated heterocycles. The fraction of sp³-hybridized carbons (Fsp3) is 0.750. The van der Waals surface area contributed by atoms with Gasteiger partial charge in [0.15, 0.2) is 0 Å². The van der Waals surface area contributed by atoms with Crippen LogP contribution in [0.25, 0.3) is 0 Å². The molecular formula is C20H34N2O2S. The minimum atomic E-state index is 0.0870. The molecule has 1 aromatic rings. The summed E-state index contributed by atoms with van der Waals surface area (Å²) in [6.07, 6.45) is 11.8. The summed E-state index contributed by atoms with van der Waals surface area (Å²) in [4.78, 5) is 14.2. The maximum Gasteiger partial charge on any atom is 0.254 e. The Morgan fingerprint density at radius 1 is 1.08 bits per heavy atom. The number of carbonyl (C=O) groups is 1. The molecule has 1 amide bonds. The molecule has 25 heavy (non-hydrogen) atoms. The normalized spacial score (nSPS) is 13.5. The average molecular weight is 367 g/mol. The van der Waals surface area contributed by atoms with Gasteiger partial charge < -0.3 is 15.4 Å². The summed E-state index contributed by atoms with van der Waals surface area (Å²) < 4.78 is 5.06. The summed E-state index contributed by atoms with van der Waals surface area (Å²) in [5.41, 5.74) is 2.22. The summed E-state index contributed by atoms with van der Waals surface area (Å²) >= 11 is 1.81. The van der Waals surface area contributed by atoms with Gasteiger partial charge in [-0.1, -0.05) is 32.6 Å². The zero-order chi connectivity index (χ0) is 17.9. The number of nitrogens with one attached hydrogen (secondary N) is 2. The van der Waals surface area contributed by atoms with E-state index in [1.54, 1.807) is 18.4 Å². The first-order valence-electron chi connectivity index (χ1n) is 9.93. The quantitative estimate of drug-likeness (QED) is 0.524. The third-order valence-corrected chi connectivity index (χ3v) is 6.02. The number of unbranched alkanes of at least 4 members (excludes halogenated alkanes) is 4. The Morgan fingerprint density at radius 2 is 1.88 bits per heavy atom. The fourth-order valence-corrected chi connectivity index (χ4v) is 4.68. The van der Waals surface area contributed by atoms with Crippen molar-refractivity contribution in [1.29, 1.82) is 0 Å². The van der Waals surface area contributed by atoms with Crippen molar-refractivity contribution < 1.29 is 9.53 Å². The molecule has 1 heterocycles. The molecule has 0 aromatic carbocycles. The first-order chi connectivity index (χ1) is 12.3. The first kappa shape index (κ1) is 20.2. The molecule has 1 aromatic heterocycles. The Bertz CT molecular complexity index is 528. The molecule has 1 aliphatic carbocycles. The van der Waals surface area contributed by atoms with Crippen LogP contribution in [-0.2, 0) is 17.6 Å². The third-order valence-electron chi connectivity index (χ3n) is 4.78. The van der Waals surface area contributed by atoms with Crippen molar-refractivity contribution in [3.63, 3.8) is 0 Å². The van der Waals surface area contributed by atoms with Gasteiger partial charge in [0, 0.05) is 31.7 Å². The number of carbonyl (C=O) groups excluding carboxylic acids is 1. The van der Waals surface area contributed by atoms with Gasteiger partial charge in [-0.15, -0.1) is 11.3 Å². The van der Waals surface area contributed by atoms with Gasteiger partial charge in [0.05, 0.1) is 5.56 Å². The lowest BCUT2D eigenvalue weighted by molar-refractivity contribution is 0.0948. The van der Waals surface area contributed by atoms with E-state index in [9.17, 15) is 4.79 Å². The lowest BCUT2D eigenvalue weighted by Crippen LogP contribution is -2.27. The molecule has 0 fully saturated rings. The van der Waals surface area contributed by atoms with Gasteiger partial charge >= 0.3 is 0 Å². The molecule has 0 bridgehead atoms. The van der Waals surface area contributed by atoms with Gasteiger partial charge in [0.1, 0.15) is 5.00 Å². The van der Waals surface area contributed by atoms with E-state index in [1.807, 2.05) is 0 Å². The van der Waals surface area contributed by atoms with Gasteiger partial charge in [-0.05, 0) is 44.1 Å². The van der Waals surface area contributed by atoms with E-state index in [-0.39, 0.29) is 5.91 Å². The zero-order valence-electron chi connectivity index (χ0n) is 15.9. The van der Waals surface area contributed by atoms with Crippen LogP contribution in [0.15, 0.2) is 0 Å². The van der Waals surface area contributed by atoms with Crippen LogP contribution in [0.4, 0.5) is 5.00 Å². The maximum absolute atomic E-state index is 12.8. The Labute approximate surface area is 156 Å². The van der Waals surface area contributed by atoms with Gasteiger partial charge in [-0.3, -0.25) is 4.79 Å². The Morgan fingerprint density at radius 3 is 2.68 bits per heavy atom. The standard InChI is InChI=1S/C20H34N2O2S/c1-3-4-5-6-9-13-22-20-18(19(23)21-14-10-15-24-2)16-11-7-8-12-17(16)25-20/h22H,3-15H2,1-2H3,(H,21,23). The molecule has 2 rings (SSSR count). The highest BCUT2D eigenvalue weighted by Crippen LogP contribution is 2.38. The number of ether oxygens (including phenoxy) is 1. The molecule has 1 aliphatic rings. The van der Waals surface area contributed by atoms with E-state index >= 15 is 0 Å². The van der Waals surface area contributed by atoms with E-state index in [0.717, 1.165) is 36.4 Å². The molecule has 0 radical (unpaired) electrons. The Balaban J connectivity index is 1.95. The minimum Gasteiger partial charge on any atom is -0.385 e. The number of rotatable bonds is 12. The molecule has 0 saturated carbocycles. The van der Waals surface area contributed by atoms with Crippen LogP contribution in [0, 0.1) is 0 Å². The van der Waals surface area contributed by atoms with Crippen molar-refractivity contribution in [2.24, 2.45) is 0 Å². The van der Waals surface area contributed by atoms with Crippen LogP contribution in [0.1, 0.15) is 79.1 Å². The van der Waals surface area contributed by atoms with Crippen LogP contribution in [0.5, 0.6) is 0 Å². The number of anilines is 1. The minimum absolute atomic E-state index is 0.0870. The van der Waals surface area contributed by atoms with E-state index < -0.39 is 0 Å². The van der Waals surface area contributed by atoms with Crippen LogP contribution >= 0.6 is 11.3 Å². The van der Waals surface area contributed by atoms with Gasteiger partial charge in [0.2, 0.25) is 0 Å². The predicted molar refractivity (Wildman–Crippen MR) is 107 cm³/mol. The van der Waals surface area contributed by atoms with Crippen molar-refractivity contribution in [1.82, 2.24) is 5.32 Å². The number of aryl methyl sites for hydroxylation is 1. The topological polar surface area (TPSA) is 50.4 Å². The Kier molecular flexibility index (Phi) is 9.33. The number of hydrogen-bond acceptors (Lipinski definition) is 4. The van der Waals surface area contributed by atoms with Crippen molar-refractivity contribution in [2.75, 3.05) is 32.1 Å². The molecule has 0 atom stereocenters. The Hall–Kier alpha value is -1.07. The van der Waals surface area contributed by atoms with Crippen LogP contribution in [-0.4, -0.2) is 32.7 Å². The number of fused-ring (bicyclic) bond motifs is 1. The van der Waals surface area contributed by atoms with Gasteiger partial charge in [-0.2, -0.15) is 0 Å². The third kappa shape index (κ3) is 6.30. The SMILES string of the molecule is CCCCCCCNc1sc2c(c1C(=O)NCCCOC)CCCC2. The summed E-state index contributed by atoms with van der Waals surface area (Å²) in [6.45, 7) is 4.57. The number of amides is 1. The molecule has 0 aliphatic heterocycles. The summed E-state index contributed by atoms with van der Waals surface area (Å²) in [5.74, 6) is 0.0870. The predicted octanol–water partition coefficient (Wildman–Crippen LogP) is 4.78. The summed E-state index contributed by atoms with van der Waals surface area (Å²) in [5, 5.41) is 7.73. The lowest BCUT2D eigenvalue weighted by atomic mass is 9.95. The summed E-state index contributed by atoms with van der Waals surface area (Å²) in [7, 11) is 1.69. The largest absolute Gasteiger partial charge is 0.385 e. The highest BCUT2D eigenvalue weighted by molar-refractivity contribution is 7.16.